The molecule has 1 aliphatic rings. The fourth-order valence-corrected chi connectivity index (χ4v) is 4.81. The summed E-state index contributed by atoms with van der Waals surface area (Å²) in [7, 11) is 0. The first-order chi connectivity index (χ1) is 16.6. The molecular weight excluding hydrogens is 445 g/mol. The second-order valence-corrected chi connectivity index (χ2v) is 9.83. The summed E-state index contributed by atoms with van der Waals surface area (Å²) in [6.45, 7) is 10.1. The van der Waals surface area contributed by atoms with Crippen LogP contribution in [0.25, 0.3) is 22.4 Å². The van der Waals surface area contributed by atoms with Crippen LogP contribution in [0.15, 0.2) is 60.7 Å². The molecule has 35 heavy (non-hydrogen) atoms. The lowest BCUT2D eigenvalue weighted by atomic mass is 10.0. The minimum absolute atomic E-state index is 0.147. The van der Waals surface area contributed by atoms with E-state index in [0.29, 0.717) is 19.4 Å². The Hall–Kier alpha value is -2.96. The van der Waals surface area contributed by atoms with Crippen molar-refractivity contribution in [3.63, 3.8) is 0 Å². The van der Waals surface area contributed by atoms with Gasteiger partial charge >= 0.3 is 5.97 Å². The molecule has 0 radical (unpaired) electrons. The third-order valence-electron chi connectivity index (χ3n) is 6.22. The van der Waals surface area contributed by atoms with Crippen LogP contribution in [0.5, 0.6) is 0 Å². The third kappa shape index (κ3) is 6.00. The van der Waals surface area contributed by atoms with Gasteiger partial charge in [0.05, 0.1) is 11.8 Å². The van der Waals surface area contributed by atoms with Crippen LogP contribution in [-0.4, -0.2) is 28.7 Å². The van der Waals surface area contributed by atoms with Crippen molar-refractivity contribution >= 4 is 5.97 Å². The molecule has 1 aromatic heterocycles. The molecule has 3 aromatic rings. The highest BCUT2D eigenvalue weighted by Crippen LogP contribution is 2.39. The fraction of sp³-hybridized carbons (Fsp3) is 0.414. The summed E-state index contributed by atoms with van der Waals surface area (Å²) in [5, 5.41) is 0. The van der Waals surface area contributed by atoms with Gasteiger partial charge in [0.15, 0.2) is 5.79 Å². The van der Waals surface area contributed by atoms with Gasteiger partial charge < -0.3 is 18.8 Å². The lowest BCUT2D eigenvalue weighted by Crippen LogP contribution is -2.46. The SMILES string of the molecule is CC(=O)O[C@@H]1C[C@@H](CCn2c(C(C)C)cc(-c3ccccc3)c2-c2ccc(F)cc2)OC(C)(C)O1. The standard InChI is InChI=1S/C29H34FNO4/c1-19(2)26-18-25(21-9-7-6-8-10-21)28(22-11-13-23(30)14-12-22)31(26)16-15-24-17-27(33-20(3)32)35-29(4,5)34-24/h6-14,18-19,24,27H,15-17H2,1-5H3/t24-,27+/m1/s1. The van der Waals surface area contributed by atoms with Crippen LogP contribution in [0.2, 0.25) is 0 Å². The lowest BCUT2D eigenvalue weighted by molar-refractivity contribution is -0.343. The molecule has 0 amide bonds. The van der Waals surface area contributed by atoms with E-state index in [4.69, 9.17) is 14.2 Å². The van der Waals surface area contributed by atoms with Crippen molar-refractivity contribution in [3.8, 4) is 22.4 Å². The number of benzene rings is 2. The Morgan fingerprint density at radius 1 is 1.09 bits per heavy atom. The van der Waals surface area contributed by atoms with E-state index in [1.165, 1.54) is 24.8 Å². The van der Waals surface area contributed by atoms with Gasteiger partial charge in [-0.15, -0.1) is 0 Å². The van der Waals surface area contributed by atoms with Gasteiger partial charge in [-0.05, 0) is 67.6 Å². The van der Waals surface area contributed by atoms with Gasteiger partial charge in [0.25, 0.3) is 0 Å². The Bertz CT molecular complexity index is 1150. The Morgan fingerprint density at radius 3 is 2.40 bits per heavy atom. The highest BCUT2D eigenvalue weighted by Gasteiger charge is 2.37. The van der Waals surface area contributed by atoms with Crippen LogP contribution in [0.3, 0.4) is 0 Å². The smallest absolute Gasteiger partial charge is 0.304 e. The van der Waals surface area contributed by atoms with Crippen LogP contribution in [0, 0.1) is 5.82 Å². The van der Waals surface area contributed by atoms with Crippen LogP contribution in [-0.2, 0) is 25.5 Å². The van der Waals surface area contributed by atoms with Crippen molar-refractivity contribution in [2.75, 3.05) is 0 Å². The van der Waals surface area contributed by atoms with Gasteiger partial charge in [0.1, 0.15) is 5.82 Å². The molecule has 186 valence electrons. The van der Waals surface area contributed by atoms with E-state index in [1.807, 2.05) is 44.2 Å². The molecule has 5 nitrogen and oxygen atoms in total. The number of carbonyl (C=O) groups excluding carboxylic acids is 1. The van der Waals surface area contributed by atoms with Crippen molar-refractivity contribution in [2.45, 2.75) is 78.1 Å². The highest BCUT2D eigenvalue weighted by atomic mass is 19.1. The number of nitrogens with zero attached hydrogens (tertiary/aromatic N) is 1. The summed E-state index contributed by atoms with van der Waals surface area (Å²) >= 11 is 0. The molecule has 4 rings (SSSR count). The number of ether oxygens (including phenoxy) is 3. The first-order valence-corrected chi connectivity index (χ1v) is 12.2. The maximum Gasteiger partial charge on any atom is 0.304 e. The zero-order valence-electron chi connectivity index (χ0n) is 21.1. The second-order valence-electron chi connectivity index (χ2n) is 9.83. The largest absolute Gasteiger partial charge is 0.436 e. The topological polar surface area (TPSA) is 49.7 Å². The van der Waals surface area contributed by atoms with Gasteiger partial charge in [-0.1, -0.05) is 44.2 Å². The second kappa shape index (κ2) is 10.3. The third-order valence-corrected chi connectivity index (χ3v) is 6.22. The monoisotopic (exact) mass is 479 g/mol. The van der Waals surface area contributed by atoms with E-state index in [0.717, 1.165) is 22.4 Å². The lowest BCUT2D eigenvalue weighted by Gasteiger charge is -2.40. The van der Waals surface area contributed by atoms with Crippen molar-refractivity contribution in [3.05, 3.63) is 72.2 Å². The zero-order chi connectivity index (χ0) is 25.2. The first-order valence-electron chi connectivity index (χ1n) is 12.2. The first kappa shape index (κ1) is 25.1. The summed E-state index contributed by atoms with van der Waals surface area (Å²) in [5.74, 6) is -1.20. The van der Waals surface area contributed by atoms with Gasteiger partial charge in [-0.25, -0.2) is 4.39 Å². The number of halogens is 1. The molecule has 0 aliphatic carbocycles. The average Bonchev–Trinajstić information content (AvgIpc) is 3.17. The van der Waals surface area contributed by atoms with E-state index in [-0.39, 0.29) is 23.8 Å². The van der Waals surface area contributed by atoms with Gasteiger partial charge in [0.2, 0.25) is 6.29 Å². The number of aromatic nitrogens is 1. The maximum absolute atomic E-state index is 13.8. The molecular formula is C29H34FNO4. The van der Waals surface area contributed by atoms with Crippen LogP contribution in [0.4, 0.5) is 4.39 Å². The van der Waals surface area contributed by atoms with Crippen LogP contribution >= 0.6 is 0 Å². The number of hydrogen-bond acceptors (Lipinski definition) is 4. The maximum atomic E-state index is 13.8. The molecule has 1 fully saturated rings. The van der Waals surface area contributed by atoms with Crippen molar-refractivity contribution < 1.29 is 23.4 Å². The normalized spacial score (nSPS) is 19.6. The summed E-state index contributed by atoms with van der Waals surface area (Å²) in [5.41, 5.74) is 5.45. The molecule has 0 bridgehead atoms. The summed E-state index contributed by atoms with van der Waals surface area (Å²) in [6, 6.07) is 19.2. The van der Waals surface area contributed by atoms with Crippen molar-refractivity contribution in [1.29, 1.82) is 0 Å². The summed E-state index contributed by atoms with van der Waals surface area (Å²) in [6.07, 6.45) is 0.402. The van der Waals surface area contributed by atoms with E-state index < -0.39 is 12.1 Å². The molecule has 2 heterocycles. The van der Waals surface area contributed by atoms with Gasteiger partial charge in [0, 0.05) is 31.1 Å². The molecule has 0 N–H and O–H groups in total. The molecule has 0 unspecified atom stereocenters. The number of hydrogen-bond donors (Lipinski definition) is 0. The van der Waals surface area contributed by atoms with Crippen molar-refractivity contribution in [1.82, 2.24) is 4.57 Å². The molecule has 1 saturated heterocycles. The minimum Gasteiger partial charge on any atom is -0.436 e. The number of esters is 1. The van der Waals surface area contributed by atoms with Crippen molar-refractivity contribution in [2.24, 2.45) is 0 Å². The predicted molar refractivity (Wildman–Crippen MR) is 134 cm³/mol. The van der Waals surface area contributed by atoms with Gasteiger partial charge in [-0.2, -0.15) is 0 Å². The molecule has 2 atom stereocenters. The molecule has 1 aliphatic heterocycles. The van der Waals surface area contributed by atoms with Crippen LogP contribution < -0.4 is 0 Å². The Morgan fingerprint density at radius 2 is 1.77 bits per heavy atom. The van der Waals surface area contributed by atoms with E-state index in [2.05, 4.69) is 36.6 Å². The quantitative estimate of drug-likeness (QED) is 0.346. The number of carbonyl (C=O) groups is 1. The van der Waals surface area contributed by atoms with E-state index in [9.17, 15) is 9.18 Å². The Balaban J connectivity index is 1.71. The van der Waals surface area contributed by atoms with E-state index in [1.54, 1.807) is 0 Å². The number of rotatable bonds is 7. The van der Waals surface area contributed by atoms with Gasteiger partial charge in [-0.3, -0.25) is 4.79 Å². The zero-order valence-corrected chi connectivity index (χ0v) is 21.1. The predicted octanol–water partition coefficient (Wildman–Crippen LogP) is 6.91. The van der Waals surface area contributed by atoms with E-state index >= 15 is 0 Å². The summed E-state index contributed by atoms with van der Waals surface area (Å²) < 4.78 is 33.4. The molecule has 0 saturated carbocycles. The summed E-state index contributed by atoms with van der Waals surface area (Å²) in [4.78, 5) is 11.5. The minimum atomic E-state index is -0.852. The average molecular weight is 480 g/mol. The fourth-order valence-electron chi connectivity index (χ4n) is 4.81. The highest BCUT2D eigenvalue weighted by molar-refractivity contribution is 5.82. The molecule has 6 heteroatoms. The van der Waals surface area contributed by atoms with Crippen LogP contribution in [0.1, 0.15) is 59.1 Å². The Labute approximate surface area is 206 Å². The molecule has 2 aromatic carbocycles. The molecule has 0 spiro atoms. The Kier molecular flexibility index (Phi) is 7.43.